The van der Waals surface area contributed by atoms with E-state index in [0.717, 1.165) is 5.56 Å². The predicted molar refractivity (Wildman–Crippen MR) is 71.5 cm³/mol. The van der Waals surface area contributed by atoms with Crippen molar-refractivity contribution in [1.29, 1.82) is 5.26 Å². The van der Waals surface area contributed by atoms with E-state index in [9.17, 15) is 8.42 Å². The molecule has 0 radical (unpaired) electrons. The van der Waals surface area contributed by atoms with Crippen LogP contribution in [0.4, 0.5) is 0 Å². The Kier molecular flexibility index (Phi) is 5.32. The largest absolute Gasteiger partial charge is 0.227 e. The van der Waals surface area contributed by atoms with E-state index in [2.05, 4.69) is 4.72 Å². The number of nitriles is 1. The highest BCUT2D eigenvalue weighted by Gasteiger charge is 2.23. The zero-order valence-corrected chi connectivity index (χ0v) is 11.4. The van der Waals surface area contributed by atoms with Crippen LogP contribution in [-0.2, 0) is 10.0 Å². The second kappa shape index (κ2) is 6.53. The number of sulfonamides is 1. The molecule has 1 aromatic carbocycles. The van der Waals surface area contributed by atoms with Gasteiger partial charge in [-0.25, -0.2) is 13.1 Å². The highest BCUT2D eigenvalue weighted by molar-refractivity contribution is 7.90. The van der Waals surface area contributed by atoms with Crippen LogP contribution in [0.5, 0.6) is 0 Å². The molecule has 18 heavy (non-hydrogen) atoms. The van der Waals surface area contributed by atoms with Crippen molar-refractivity contribution in [1.82, 2.24) is 4.72 Å². The van der Waals surface area contributed by atoms with E-state index in [-0.39, 0.29) is 5.92 Å². The third-order valence-corrected chi connectivity index (χ3v) is 4.61. The molecule has 4 nitrogen and oxygen atoms in total. The normalized spacial score (nSPS) is 14.7. The van der Waals surface area contributed by atoms with Gasteiger partial charge in [-0.2, -0.15) is 5.26 Å². The second-order valence-electron chi connectivity index (χ2n) is 4.23. The van der Waals surface area contributed by atoms with Crippen LogP contribution in [0.25, 0.3) is 0 Å². The molecular weight excluding hydrogens is 248 g/mol. The maximum absolute atomic E-state index is 11.8. The van der Waals surface area contributed by atoms with Crippen LogP contribution in [0.1, 0.15) is 31.7 Å². The van der Waals surface area contributed by atoms with Gasteiger partial charge in [0.05, 0.1) is 6.07 Å². The smallest absolute Gasteiger partial charge is 0.213 e. The molecule has 1 N–H and O–H groups in total. The van der Waals surface area contributed by atoms with Crippen LogP contribution in [0, 0.1) is 11.3 Å². The van der Waals surface area contributed by atoms with E-state index in [4.69, 9.17) is 5.26 Å². The molecule has 0 heterocycles. The van der Waals surface area contributed by atoms with E-state index < -0.39 is 15.3 Å². The molecule has 2 unspecified atom stereocenters. The van der Waals surface area contributed by atoms with Crippen LogP contribution >= 0.6 is 0 Å². The molecule has 0 fully saturated rings. The predicted octanol–water partition coefficient (Wildman–Crippen LogP) is 2.01. The fourth-order valence-corrected chi connectivity index (χ4v) is 2.88. The van der Waals surface area contributed by atoms with Crippen molar-refractivity contribution in [3.63, 3.8) is 0 Å². The van der Waals surface area contributed by atoms with Gasteiger partial charge in [0.25, 0.3) is 0 Å². The summed E-state index contributed by atoms with van der Waals surface area (Å²) in [6.45, 7) is 3.95. The summed E-state index contributed by atoms with van der Waals surface area (Å²) >= 11 is 0. The summed E-state index contributed by atoms with van der Waals surface area (Å²) in [5, 5.41) is 7.80. The van der Waals surface area contributed by atoms with Gasteiger partial charge in [0.1, 0.15) is 0 Å². The Bertz CT molecular complexity index is 506. The topological polar surface area (TPSA) is 70.0 Å². The highest BCUT2D eigenvalue weighted by atomic mass is 32.2. The van der Waals surface area contributed by atoms with Crippen molar-refractivity contribution in [3.05, 3.63) is 35.9 Å². The molecule has 0 saturated heterocycles. The molecule has 1 aromatic rings. The Labute approximate surface area is 109 Å². The summed E-state index contributed by atoms with van der Waals surface area (Å²) in [6, 6.07) is 11.5. The van der Waals surface area contributed by atoms with Gasteiger partial charge < -0.3 is 0 Å². The average molecular weight is 266 g/mol. The Morgan fingerprint density at radius 1 is 1.33 bits per heavy atom. The van der Waals surface area contributed by atoms with Crippen LogP contribution < -0.4 is 4.72 Å². The van der Waals surface area contributed by atoms with Gasteiger partial charge in [-0.1, -0.05) is 44.2 Å². The number of nitrogens with zero attached hydrogens (tertiary/aromatic N) is 1. The fourth-order valence-electron chi connectivity index (χ4n) is 1.62. The molecule has 0 aliphatic rings. The third kappa shape index (κ3) is 3.83. The first-order chi connectivity index (χ1) is 8.51. The minimum Gasteiger partial charge on any atom is -0.213 e. The highest BCUT2D eigenvalue weighted by Crippen LogP contribution is 2.14. The van der Waals surface area contributed by atoms with Gasteiger partial charge in [-0.05, 0) is 17.9 Å². The molecule has 2 atom stereocenters. The quantitative estimate of drug-likeness (QED) is 0.856. The molecule has 0 saturated carbocycles. The Balaban J connectivity index is 2.64. The average Bonchev–Trinajstić information content (AvgIpc) is 2.38. The molecular formula is C13H18N2O2S. The van der Waals surface area contributed by atoms with Gasteiger partial charge in [0, 0.05) is 6.54 Å². The lowest BCUT2D eigenvalue weighted by Gasteiger charge is -2.15. The lowest BCUT2D eigenvalue weighted by Crippen LogP contribution is -2.35. The van der Waals surface area contributed by atoms with Crippen LogP contribution in [0.15, 0.2) is 30.3 Å². The molecule has 0 aliphatic heterocycles. The maximum Gasteiger partial charge on any atom is 0.227 e. The summed E-state index contributed by atoms with van der Waals surface area (Å²) in [4.78, 5) is 0. The van der Waals surface area contributed by atoms with Crippen molar-refractivity contribution in [2.45, 2.75) is 31.4 Å². The van der Waals surface area contributed by atoms with Crippen molar-refractivity contribution >= 4 is 10.0 Å². The molecule has 0 spiro atoms. The summed E-state index contributed by atoms with van der Waals surface area (Å²) < 4.78 is 26.1. The zero-order valence-electron chi connectivity index (χ0n) is 10.6. The molecule has 0 bridgehead atoms. The van der Waals surface area contributed by atoms with E-state index >= 15 is 0 Å². The third-order valence-electron chi connectivity index (χ3n) is 2.85. The molecule has 0 aromatic heterocycles. The van der Waals surface area contributed by atoms with Crippen LogP contribution in [0.2, 0.25) is 0 Å². The monoisotopic (exact) mass is 266 g/mol. The summed E-state index contributed by atoms with van der Waals surface area (Å²) in [7, 11) is -3.54. The second-order valence-corrected chi connectivity index (χ2v) is 6.18. The molecule has 1 rings (SSSR count). The van der Waals surface area contributed by atoms with E-state index in [0.29, 0.717) is 13.0 Å². The minimum absolute atomic E-state index is 0.0807. The minimum atomic E-state index is -3.54. The molecule has 98 valence electrons. The van der Waals surface area contributed by atoms with Gasteiger partial charge in [0.2, 0.25) is 10.0 Å². The fraction of sp³-hybridized carbons (Fsp3) is 0.462. The number of benzene rings is 1. The van der Waals surface area contributed by atoms with Crippen molar-refractivity contribution in [2.24, 2.45) is 0 Å². The molecule has 0 aliphatic carbocycles. The standard InChI is InChI=1S/C13H18N2O2S/c1-3-13(9-14)18(16,17)15-10-11(2)12-7-5-4-6-8-12/h4-8,11,13,15H,3,10H2,1-2H3. The van der Waals surface area contributed by atoms with Gasteiger partial charge >= 0.3 is 0 Å². The SMILES string of the molecule is CCC(C#N)S(=O)(=O)NCC(C)c1ccccc1. The van der Waals surface area contributed by atoms with Crippen molar-refractivity contribution in [2.75, 3.05) is 6.54 Å². The summed E-state index contributed by atoms with van der Waals surface area (Å²) in [5.41, 5.74) is 1.07. The zero-order chi connectivity index (χ0) is 13.6. The van der Waals surface area contributed by atoms with Crippen LogP contribution in [-0.4, -0.2) is 20.2 Å². The van der Waals surface area contributed by atoms with Crippen LogP contribution in [0.3, 0.4) is 0 Å². The number of hydrogen-bond acceptors (Lipinski definition) is 3. The van der Waals surface area contributed by atoms with E-state index in [1.807, 2.05) is 37.3 Å². The Morgan fingerprint density at radius 2 is 1.94 bits per heavy atom. The van der Waals surface area contributed by atoms with E-state index in [1.165, 1.54) is 0 Å². The number of rotatable bonds is 6. The molecule has 5 heteroatoms. The van der Waals surface area contributed by atoms with E-state index in [1.54, 1.807) is 13.0 Å². The Hall–Kier alpha value is -1.38. The lowest BCUT2D eigenvalue weighted by atomic mass is 10.0. The first-order valence-electron chi connectivity index (χ1n) is 5.94. The van der Waals surface area contributed by atoms with Crippen molar-refractivity contribution in [3.8, 4) is 6.07 Å². The van der Waals surface area contributed by atoms with Crippen molar-refractivity contribution < 1.29 is 8.42 Å². The lowest BCUT2D eigenvalue weighted by molar-refractivity contribution is 0.566. The molecule has 0 amide bonds. The first kappa shape index (κ1) is 14.7. The van der Waals surface area contributed by atoms with Gasteiger partial charge in [-0.3, -0.25) is 0 Å². The summed E-state index contributed by atoms with van der Waals surface area (Å²) in [5.74, 6) is 0.0807. The summed E-state index contributed by atoms with van der Waals surface area (Å²) in [6.07, 6.45) is 0.297. The van der Waals surface area contributed by atoms with Gasteiger partial charge in [0.15, 0.2) is 5.25 Å². The maximum atomic E-state index is 11.8. The first-order valence-corrected chi connectivity index (χ1v) is 7.49. The Morgan fingerprint density at radius 3 is 2.44 bits per heavy atom. The number of hydrogen-bond donors (Lipinski definition) is 1. The number of nitrogens with one attached hydrogen (secondary N) is 1. The van der Waals surface area contributed by atoms with Gasteiger partial charge in [-0.15, -0.1) is 0 Å².